The number of aromatic amines is 2. The van der Waals surface area contributed by atoms with E-state index in [1.807, 2.05) is 0 Å². The molecule has 9 heterocycles. The van der Waals surface area contributed by atoms with Gasteiger partial charge in [0.15, 0.2) is 0 Å². The summed E-state index contributed by atoms with van der Waals surface area (Å²) in [7, 11) is 14.0. The molecule has 0 atom stereocenters. The van der Waals surface area contributed by atoms with Crippen LogP contribution in [-0.4, -0.2) is 221 Å². The van der Waals surface area contributed by atoms with E-state index < -0.39 is 0 Å². The highest BCUT2D eigenvalue weighted by atomic mass is 16.5. The van der Waals surface area contributed by atoms with Crippen molar-refractivity contribution in [2.24, 2.45) is 0 Å². The molecule has 20 heteroatoms. The van der Waals surface area contributed by atoms with Gasteiger partial charge in [-0.2, -0.15) is 0 Å². The van der Waals surface area contributed by atoms with Gasteiger partial charge in [-0.25, -0.2) is 9.97 Å². The Balaban J connectivity index is 1.41. The second-order valence-corrected chi connectivity index (χ2v) is 19.2. The van der Waals surface area contributed by atoms with E-state index in [0.29, 0.717) is 105 Å². The van der Waals surface area contributed by atoms with E-state index in [9.17, 15) is 0 Å². The second kappa shape index (κ2) is 26.1. The van der Waals surface area contributed by atoms with Crippen molar-refractivity contribution >= 4 is 46.4 Å². The van der Waals surface area contributed by atoms with Gasteiger partial charge in [0.05, 0.1) is 75.6 Å². The van der Waals surface area contributed by atoms with Crippen molar-refractivity contribution < 1.29 is 37.9 Å². The number of methoxy groups -OCH3 is 8. The van der Waals surface area contributed by atoms with Crippen LogP contribution in [0.5, 0.6) is 0 Å². The fourth-order valence-electron chi connectivity index (χ4n) is 11.0. The largest absolute Gasteiger partial charge is 0.383 e. The molecule has 3 aromatic heterocycles. The summed E-state index contributed by atoms with van der Waals surface area (Å²) >= 11 is 0. The number of fused-ring (bicyclic) bond motifs is 8. The second-order valence-electron chi connectivity index (χ2n) is 19.2. The van der Waals surface area contributed by atoms with Crippen molar-refractivity contribution in [3.8, 4) is 0 Å². The maximum atomic E-state index is 5.77. The van der Waals surface area contributed by atoms with Crippen LogP contribution in [0.3, 0.4) is 0 Å². The Bertz CT molecular complexity index is 2340. The zero-order valence-electron chi connectivity index (χ0n) is 45.6. The standard InChI is InChI=1S/C56H78N12O8/c1-69-33-25-61-17-18-62(26-34-70-2)53(61)49-41-9-11-43(57-41)50(54-63(27-35-71-3)19-20-64(54)28-36-72-4)45-13-15-47(59-45)52(56-67(31-39-75-7)23-24-68(56)32-40-76-8)48-16-14-46(60-48)51(44-12-10-42(49)58-44)55-65(29-37-73-5)21-22-66(55)30-38-74-6/h9-24,53-57,60H,25-40H2,1-8H3. The van der Waals surface area contributed by atoms with Gasteiger partial charge in [-0.15, -0.1) is 0 Å². The predicted molar refractivity (Wildman–Crippen MR) is 295 cm³/mol. The molecule has 2 N–H and O–H groups in total. The predicted octanol–water partition coefficient (Wildman–Crippen LogP) is 6.18. The molecule has 6 aliphatic rings. The van der Waals surface area contributed by atoms with E-state index >= 15 is 0 Å². The molecule has 0 saturated carbocycles. The van der Waals surface area contributed by atoms with Crippen LogP contribution in [0.4, 0.5) is 0 Å². The van der Waals surface area contributed by atoms with Crippen LogP contribution in [-0.2, 0) is 37.9 Å². The lowest BCUT2D eigenvalue weighted by Gasteiger charge is -2.34. The SMILES string of the molecule is COCCN1C=CN(CCOC)C1c1c2nc(c(C3N(CCOC)C=CN3CCOC)c3ccc([nH]3)c(C3N(CCOC)C=CN3CCOC)c3nc(c(C4N(CCOC)C=CN4CCOC)c4ccc1[nH]4)C=C3)C=C2. The highest BCUT2D eigenvalue weighted by Crippen LogP contribution is 2.43. The van der Waals surface area contributed by atoms with E-state index in [2.05, 4.69) is 147 Å². The van der Waals surface area contributed by atoms with E-state index in [0.717, 1.165) is 67.1 Å². The molecule has 20 nitrogen and oxygen atoms in total. The molecule has 8 bridgehead atoms. The summed E-state index contributed by atoms with van der Waals surface area (Å²) < 4.78 is 45.8. The zero-order chi connectivity index (χ0) is 53.0. The summed E-state index contributed by atoms with van der Waals surface area (Å²) in [6.45, 7) is 9.52. The third-order valence-corrected chi connectivity index (χ3v) is 14.7. The molecule has 9 rings (SSSR count). The van der Waals surface area contributed by atoms with Gasteiger partial charge in [0.1, 0.15) is 24.7 Å². The number of rotatable bonds is 28. The Morgan fingerprint density at radius 2 is 0.474 bits per heavy atom. The van der Waals surface area contributed by atoms with Crippen molar-refractivity contribution in [2.75, 3.05) is 162 Å². The van der Waals surface area contributed by atoms with Crippen molar-refractivity contribution in [1.29, 1.82) is 0 Å². The first-order chi connectivity index (χ1) is 37.4. The van der Waals surface area contributed by atoms with Gasteiger partial charge in [0, 0.05) is 203 Å². The molecule has 0 saturated heterocycles. The Morgan fingerprint density at radius 1 is 0.303 bits per heavy atom. The first kappa shape index (κ1) is 54.4. The number of ether oxygens (including phenoxy) is 8. The number of hydrogen-bond donors (Lipinski definition) is 2. The first-order valence-electron chi connectivity index (χ1n) is 26.3. The highest BCUT2D eigenvalue weighted by Gasteiger charge is 2.38. The quantitative estimate of drug-likeness (QED) is 0.0585. The van der Waals surface area contributed by atoms with Crippen LogP contribution < -0.4 is 0 Å². The van der Waals surface area contributed by atoms with Crippen LogP contribution in [0.1, 0.15) is 69.7 Å². The Labute approximate surface area is 447 Å². The lowest BCUT2D eigenvalue weighted by Crippen LogP contribution is -2.35. The van der Waals surface area contributed by atoms with Gasteiger partial charge in [0.2, 0.25) is 0 Å². The van der Waals surface area contributed by atoms with Gasteiger partial charge in [0.25, 0.3) is 0 Å². The monoisotopic (exact) mass is 1050 g/mol. The van der Waals surface area contributed by atoms with Gasteiger partial charge >= 0.3 is 0 Å². The van der Waals surface area contributed by atoms with Gasteiger partial charge in [-0.3, -0.25) is 0 Å². The summed E-state index contributed by atoms with van der Waals surface area (Å²) in [6.07, 6.45) is 24.9. The van der Waals surface area contributed by atoms with Gasteiger partial charge in [-0.1, -0.05) is 0 Å². The minimum atomic E-state index is -0.264. The van der Waals surface area contributed by atoms with E-state index in [-0.39, 0.29) is 24.7 Å². The summed E-state index contributed by atoms with van der Waals surface area (Å²) in [5.41, 5.74) is 11.1. The molecule has 0 unspecified atom stereocenters. The molecule has 6 aliphatic heterocycles. The van der Waals surface area contributed by atoms with Crippen LogP contribution in [0.25, 0.3) is 46.4 Å². The fraction of sp³-hybridized carbons (Fsp3) is 0.500. The highest BCUT2D eigenvalue weighted by molar-refractivity contribution is 5.84. The number of nitrogens with one attached hydrogen (secondary N) is 2. The lowest BCUT2D eigenvalue weighted by atomic mass is 10.1. The number of hydrogen-bond acceptors (Lipinski definition) is 18. The van der Waals surface area contributed by atoms with Crippen LogP contribution in [0.15, 0.2) is 73.9 Å². The Hall–Kier alpha value is -6.36. The number of nitrogens with zero attached hydrogens (tertiary/aromatic N) is 10. The van der Waals surface area contributed by atoms with Crippen LogP contribution >= 0.6 is 0 Å². The number of aromatic nitrogens is 4. The molecule has 0 fully saturated rings. The zero-order valence-corrected chi connectivity index (χ0v) is 45.6. The minimum absolute atomic E-state index is 0.264. The molecular formula is C56H78N12O8. The Morgan fingerprint density at radius 3 is 0.632 bits per heavy atom. The van der Waals surface area contributed by atoms with Crippen LogP contribution in [0.2, 0.25) is 0 Å². The van der Waals surface area contributed by atoms with Crippen molar-refractivity contribution in [3.05, 3.63) is 119 Å². The third kappa shape index (κ3) is 11.5. The average molecular weight is 1050 g/mol. The van der Waals surface area contributed by atoms with E-state index in [1.54, 1.807) is 56.9 Å². The van der Waals surface area contributed by atoms with Crippen molar-refractivity contribution in [1.82, 2.24) is 59.1 Å². The molecule has 0 aliphatic carbocycles. The molecule has 0 aromatic carbocycles. The molecule has 3 aromatic rings. The molecule has 0 radical (unpaired) electrons. The molecular weight excluding hydrogens is 969 g/mol. The Kier molecular flexibility index (Phi) is 18.7. The van der Waals surface area contributed by atoms with Crippen LogP contribution in [0, 0.1) is 0 Å². The summed E-state index contributed by atoms with van der Waals surface area (Å²) in [5, 5.41) is 0. The average Bonchev–Trinajstić information content (AvgIpc) is 4.36. The van der Waals surface area contributed by atoms with Gasteiger partial charge < -0.3 is 87.1 Å². The maximum absolute atomic E-state index is 5.77. The smallest absolute Gasteiger partial charge is 0.132 e. The number of H-pyrrole nitrogens is 2. The fourth-order valence-corrected chi connectivity index (χ4v) is 11.0. The maximum Gasteiger partial charge on any atom is 0.132 e. The molecule has 410 valence electrons. The van der Waals surface area contributed by atoms with E-state index in [1.165, 1.54) is 0 Å². The first-order valence-corrected chi connectivity index (χ1v) is 26.3. The normalized spacial score (nSPS) is 16.9. The molecule has 76 heavy (non-hydrogen) atoms. The minimum Gasteiger partial charge on any atom is -0.383 e. The van der Waals surface area contributed by atoms with Crippen molar-refractivity contribution in [3.63, 3.8) is 0 Å². The summed E-state index contributed by atoms with van der Waals surface area (Å²) in [5.74, 6) is 0. The topological polar surface area (TPSA) is 157 Å². The van der Waals surface area contributed by atoms with Crippen molar-refractivity contribution in [2.45, 2.75) is 24.7 Å². The lowest BCUT2D eigenvalue weighted by molar-refractivity contribution is 0.0891. The molecule has 0 spiro atoms. The van der Waals surface area contributed by atoms with Gasteiger partial charge in [-0.05, 0) is 48.6 Å². The summed E-state index contributed by atoms with van der Waals surface area (Å²) in [6, 6.07) is 8.81. The van der Waals surface area contributed by atoms with E-state index in [4.69, 9.17) is 47.9 Å². The summed E-state index contributed by atoms with van der Waals surface area (Å²) in [4.78, 5) is 38.3. The third-order valence-electron chi connectivity index (χ3n) is 14.7. The molecule has 0 amide bonds.